The first-order chi connectivity index (χ1) is 20.1. The van der Waals surface area contributed by atoms with E-state index in [9.17, 15) is 9.59 Å². The van der Waals surface area contributed by atoms with Gasteiger partial charge < -0.3 is 19.8 Å². The van der Waals surface area contributed by atoms with Crippen molar-refractivity contribution in [1.82, 2.24) is 30.7 Å². The minimum Gasteiger partial charge on any atom is -0.493 e. The van der Waals surface area contributed by atoms with E-state index in [2.05, 4.69) is 30.7 Å². The third kappa shape index (κ3) is 6.32. The molecule has 0 radical (unpaired) electrons. The third-order valence-electron chi connectivity index (χ3n) is 8.73. The van der Waals surface area contributed by atoms with E-state index < -0.39 is 0 Å². The van der Waals surface area contributed by atoms with Crippen molar-refractivity contribution < 1.29 is 19.1 Å². The summed E-state index contributed by atoms with van der Waals surface area (Å²) in [5.74, 6) is 1.81. The number of ether oxygens (including phenoxy) is 2. The number of hydrazine groups is 1. The van der Waals surface area contributed by atoms with Crippen LogP contribution in [0.3, 0.4) is 0 Å². The second kappa shape index (κ2) is 12.5. The quantitative estimate of drug-likeness (QED) is 0.328. The zero-order chi connectivity index (χ0) is 28.2. The van der Waals surface area contributed by atoms with E-state index in [1.165, 1.54) is 25.6 Å². The highest BCUT2D eigenvalue weighted by atomic mass is 16.6. The Morgan fingerprint density at radius 1 is 1.05 bits per heavy atom. The Labute approximate surface area is 240 Å². The van der Waals surface area contributed by atoms with Gasteiger partial charge in [-0.3, -0.25) is 10.2 Å². The molecule has 218 valence electrons. The number of fused-ring (bicyclic) bond motifs is 1. The van der Waals surface area contributed by atoms with Crippen molar-refractivity contribution in [3.8, 4) is 17.0 Å². The maximum absolute atomic E-state index is 13.4. The third-order valence-corrected chi connectivity index (χ3v) is 8.73. The van der Waals surface area contributed by atoms with Crippen molar-refractivity contribution in [2.24, 2.45) is 11.8 Å². The number of piperidine rings is 1. The fourth-order valence-electron chi connectivity index (χ4n) is 6.38. The molecule has 41 heavy (non-hydrogen) atoms. The van der Waals surface area contributed by atoms with Gasteiger partial charge in [-0.2, -0.15) is 0 Å². The van der Waals surface area contributed by atoms with E-state index in [-0.39, 0.29) is 18.0 Å². The summed E-state index contributed by atoms with van der Waals surface area (Å²) in [6, 6.07) is 8.33. The molecule has 6 rings (SSSR count). The number of carbonyl (C=O) groups excluding carboxylic acids is 2. The van der Waals surface area contributed by atoms with Crippen LogP contribution in [0, 0.1) is 11.8 Å². The summed E-state index contributed by atoms with van der Waals surface area (Å²) in [4.78, 5) is 37.8. The number of benzene rings is 1. The number of para-hydroxylation sites is 1. The Hall–Kier alpha value is -3.66. The molecule has 10 nitrogen and oxygen atoms in total. The number of H-pyrrole nitrogens is 1. The van der Waals surface area contributed by atoms with Crippen molar-refractivity contribution in [2.45, 2.75) is 76.8 Å². The molecule has 0 spiro atoms. The lowest BCUT2D eigenvalue weighted by Crippen LogP contribution is -2.54. The van der Waals surface area contributed by atoms with E-state index in [1.807, 2.05) is 31.2 Å². The molecule has 0 bridgehead atoms. The monoisotopic (exact) mass is 560 g/mol. The number of nitrogens with one attached hydrogen (secondary N) is 3. The summed E-state index contributed by atoms with van der Waals surface area (Å²) in [5, 5.41) is 5.35. The predicted octanol–water partition coefficient (Wildman–Crippen LogP) is 5.22. The molecule has 1 aromatic carbocycles. The molecular formula is C31H40N6O4. The molecule has 10 heteroatoms. The van der Waals surface area contributed by atoms with Gasteiger partial charge in [-0.1, -0.05) is 18.6 Å². The summed E-state index contributed by atoms with van der Waals surface area (Å²) in [5.41, 5.74) is 6.45. The Bertz CT molecular complexity index is 1360. The normalized spacial score (nSPS) is 23.2. The van der Waals surface area contributed by atoms with Gasteiger partial charge in [0.1, 0.15) is 23.3 Å². The molecule has 3 fully saturated rings. The molecule has 1 unspecified atom stereocenters. The number of amides is 2. The SMILES string of the molecule is CCOC(=O)NN1CCCCC1C1CCC(NC(=O)c2c[nH]c3c(-c4ccccc4OCC4CC4)ncnc23)CC1. The highest BCUT2D eigenvalue weighted by molar-refractivity contribution is 6.07. The first kappa shape index (κ1) is 27.5. The summed E-state index contributed by atoms with van der Waals surface area (Å²) in [7, 11) is 0. The van der Waals surface area contributed by atoms with Crippen LogP contribution in [-0.2, 0) is 4.74 Å². The molecule has 1 aliphatic heterocycles. The Morgan fingerprint density at radius 2 is 1.88 bits per heavy atom. The van der Waals surface area contributed by atoms with Gasteiger partial charge in [-0.25, -0.2) is 19.8 Å². The van der Waals surface area contributed by atoms with Crippen LogP contribution in [0.4, 0.5) is 4.79 Å². The standard InChI is InChI=1S/C31H40N6O4/c1-2-40-31(39)36-37-16-6-5-8-25(37)21-12-14-22(15-13-21)35-30(38)24-17-32-29-27(33-19-34-28(24)29)23-7-3-4-9-26(23)41-18-20-10-11-20/h3-4,7,9,17,19-22,25,32H,2,5-6,8,10-16,18H2,1H3,(H,35,38)(H,36,39). The highest BCUT2D eigenvalue weighted by Crippen LogP contribution is 2.36. The Balaban J connectivity index is 1.10. The van der Waals surface area contributed by atoms with Crippen molar-refractivity contribution in [3.63, 3.8) is 0 Å². The maximum atomic E-state index is 13.4. The number of hydrogen-bond donors (Lipinski definition) is 3. The largest absolute Gasteiger partial charge is 0.493 e. The van der Waals surface area contributed by atoms with Gasteiger partial charge in [0.05, 0.1) is 24.3 Å². The zero-order valence-corrected chi connectivity index (χ0v) is 23.7. The van der Waals surface area contributed by atoms with Gasteiger partial charge in [0.2, 0.25) is 0 Å². The minimum absolute atomic E-state index is 0.108. The fourth-order valence-corrected chi connectivity index (χ4v) is 6.38. The molecule has 2 aliphatic carbocycles. The van der Waals surface area contributed by atoms with E-state index in [1.54, 1.807) is 6.20 Å². The molecule has 1 saturated heterocycles. The van der Waals surface area contributed by atoms with Crippen LogP contribution in [0.2, 0.25) is 0 Å². The summed E-state index contributed by atoms with van der Waals surface area (Å²) in [6.45, 7) is 3.74. The average molecular weight is 561 g/mol. The number of hydrogen-bond acceptors (Lipinski definition) is 7. The van der Waals surface area contributed by atoms with E-state index in [4.69, 9.17) is 9.47 Å². The first-order valence-electron chi connectivity index (χ1n) is 15.2. The smallest absolute Gasteiger partial charge is 0.421 e. The zero-order valence-electron chi connectivity index (χ0n) is 23.7. The topological polar surface area (TPSA) is 121 Å². The summed E-state index contributed by atoms with van der Waals surface area (Å²) < 4.78 is 11.2. The van der Waals surface area contributed by atoms with Crippen molar-refractivity contribution in [1.29, 1.82) is 0 Å². The molecule has 1 atom stereocenters. The van der Waals surface area contributed by atoms with Crippen LogP contribution >= 0.6 is 0 Å². The number of carbonyl (C=O) groups is 2. The average Bonchev–Trinajstić information content (AvgIpc) is 3.72. The van der Waals surface area contributed by atoms with E-state index >= 15 is 0 Å². The lowest BCUT2D eigenvalue weighted by molar-refractivity contribution is 0.0269. The molecule has 2 aromatic heterocycles. The van der Waals surface area contributed by atoms with E-state index in [0.29, 0.717) is 42.2 Å². The van der Waals surface area contributed by atoms with Crippen LogP contribution < -0.4 is 15.5 Å². The molecule has 2 amide bonds. The van der Waals surface area contributed by atoms with Crippen LogP contribution in [0.25, 0.3) is 22.3 Å². The second-order valence-electron chi connectivity index (χ2n) is 11.6. The van der Waals surface area contributed by atoms with Gasteiger partial charge in [0.25, 0.3) is 5.91 Å². The van der Waals surface area contributed by atoms with Crippen LogP contribution in [0.15, 0.2) is 36.8 Å². The van der Waals surface area contributed by atoms with Crippen LogP contribution in [-0.4, -0.2) is 63.8 Å². The first-order valence-corrected chi connectivity index (χ1v) is 15.2. The fraction of sp³-hybridized carbons (Fsp3) is 0.548. The van der Waals surface area contributed by atoms with Gasteiger partial charge in [0, 0.05) is 30.4 Å². The van der Waals surface area contributed by atoms with Crippen LogP contribution in [0.1, 0.15) is 75.1 Å². The van der Waals surface area contributed by atoms with Gasteiger partial charge in [-0.15, -0.1) is 0 Å². The second-order valence-corrected chi connectivity index (χ2v) is 11.6. The van der Waals surface area contributed by atoms with Crippen molar-refractivity contribution >= 4 is 23.0 Å². The van der Waals surface area contributed by atoms with Gasteiger partial charge in [-0.05, 0) is 82.3 Å². The molecule has 3 heterocycles. The Morgan fingerprint density at radius 3 is 2.68 bits per heavy atom. The molecular weight excluding hydrogens is 520 g/mol. The van der Waals surface area contributed by atoms with Gasteiger partial charge in [0.15, 0.2) is 0 Å². The number of aromatic nitrogens is 3. The molecule has 3 aromatic rings. The molecule has 3 aliphatic rings. The lowest BCUT2D eigenvalue weighted by Gasteiger charge is -2.42. The maximum Gasteiger partial charge on any atom is 0.421 e. The van der Waals surface area contributed by atoms with Crippen molar-refractivity contribution in [3.05, 3.63) is 42.4 Å². The van der Waals surface area contributed by atoms with E-state index in [0.717, 1.165) is 67.6 Å². The summed E-state index contributed by atoms with van der Waals surface area (Å²) >= 11 is 0. The lowest BCUT2D eigenvalue weighted by atomic mass is 9.78. The number of aromatic amines is 1. The number of rotatable bonds is 9. The molecule has 3 N–H and O–H groups in total. The highest BCUT2D eigenvalue weighted by Gasteiger charge is 2.34. The Kier molecular flexibility index (Phi) is 8.36. The number of nitrogens with zero attached hydrogens (tertiary/aromatic N) is 3. The minimum atomic E-state index is -0.375. The molecule has 2 saturated carbocycles. The van der Waals surface area contributed by atoms with Gasteiger partial charge >= 0.3 is 6.09 Å². The predicted molar refractivity (Wildman–Crippen MR) is 155 cm³/mol. The van der Waals surface area contributed by atoms with Crippen LogP contribution in [0.5, 0.6) is 5.75 Å². The van der Waals surface area contributed by atoms with Crippen molar-refractivity contribution in [2.75, 3.05) is 19.8 Å². The summed E-state index contributed by atoms with van der Waals surface area (Å²) in [6.07, 6.45) is 12.5.